The van der Waals surface area contributed by atoms with E-state index >= 15 is 0 Å². The zero-order valence-electron chi connectivity index (χ0n) is 12.3. The van der Waals surface area contributed by atoms with E-state index in [9.17, 15) is 0 Å². The Morgan fingerprint density at radius 1 is 1.00 bits per heavy atom. The number of nitrogens with one attached hydrogen (secondary N) is 1. The molecule has 1 unspecified atom stereocenters. The average molecular weight is 276 g/mol. The molecule has 0 bridgehead atoms. The minimum absolute atomic E-state index is 0.185. The van der Waals surface area contributed by atoms with Crippen LogP contribution >= 0.6 is 0 Å². The van der Waals surface area contributed by atoms with Gasteiger partial charge in [-0.15, -0.1) is 0 Å². The Hall–Kier alpha value is -2.19. The Morgan fingerprint density at radius 3 is 2.67 bits per heavy atom. The van der Waals surface area contributed by atoms with Gasteiger partial charge in [-0.2, -0.15) is 0 Å². The van der Waals surface area contributed by atoms with Gasteiger partial charge in [0, 0.05) is 12.4 Å². The van der Waals surface area contributed by atoms with E-state index in [1.807, 2.05) is 18.5 Å². The van der Waals surface area contributed by atoms with Crippen molar-refractivity contribution >= 4 is 10.8 Å². The summed E-state index contributed by atoms with van der Waals surface area (Å²) in [6.07, 6.45) is 4.89. The second-order valence-corrected chi connectivity index (χ2v) is 5.24. The first-order valence-corrected chi connectivity index (χ1v) is 7.51. The van der Waals surface area contributed by atoms with Gasteiger partial charge in [-0.1, -0.05) is 55.5 Å². The van der Waals surface area contributed by atoms with Gasteiger partial charge in [0.25, 0.3) is 0 Å². The highest BCUT2D eigenvalue weighted by atomic mass is 14.9. The van der Waals surface area contributed by atoms with E-state index in [1.165, 1.54) is 21.9 Å². The second-order valence-electron chi connectivity index (χ2n) is 5.24. The van der Waals surface area contributed by atoms with Crippen LogP contribution in [0.2, 0.25) is 0 Å². The minimum Gasteiger partial charge on any atom is -0.306 e. The number of benzene rings is 2. The third kappa shape index (κ3) is 2.96. The summed E-state index contributed by atoms with van der Waals surface area (Å²) in [5.41, 5.74) is 2.52. The van der Waals surface area contributed by atoms with Gasteiger partial charge in [0.05, 0.1) is 6.04 Å². The first-order valence-electron chi connectivity index (χ1n) is 7.51. The zero-order valence-corrected chi connectivity index (χ0v) is 12.3. The highest BCUT2D eigenvalue weighted by Gasteiger charge is 2.15. The Balaban J connectivity index is 2.10. The van der Waals surface area contributed by atoms with Crippen molar-refractivity contribution in [3.8, 4) is 0 Å². The van der Waals surface area contributed by atoms with Crippen molar-refractivity contribution in [2.75, 3.05) is 6.54 Å². The Bertz CT molecular complexity index is 702. The smallest absolute Gasteiger partial charge is 0.0598 e. The molecule has 2 nitrogen and oxygen atoms in total. The number of fused-ring (bicyclic) bond motifs is 1. The minimum atomic E-state index is 0.185. The van der Waals surface area contributed by atoms with Gasteiger partial charge in [0.1, 0.15) is 0 Å². The van der Waals surface area contributed by atoms with E-state index in [0.717, 1.165) is 13.0 Å². The van der Waals surface area contributed by atoms with Crippen molar-refractivity contribution in [2.24, 2.45) is 0 Å². The zero-order chi connectivity index (χ0) is 14.5. The predicted molar refractivity (Wildman–Crippen MR) is 88.3 cm³/mol. The summed E-state index contributed by atoms with van der Waals surface area (Å²) in [6.45, 7) is 3.18. The number of pyridine rings is 1. The van der Waals surface area contributed by atoms with E-state index in [2.05, 4.69) is 65.8 Å². The lowest BCUT2D eigenvalue weighted by Crippen LogP contribution is -2.23. The molecule has 0 spiro atoms. The lowest BCUT2D eigenvalue weighted by molar-refractivity contribution is 0.600. The Kier molecular flexibility index (Phi) is 4.27. The summed E-state index contributed by atoms with van der Waals surface area (Å²) in [4.78, 5) is 4.28. The van der Waals surface area contributed by atoms with Gasteiger partial charge in [-0.25, -0.2) is 0 Å². The molecule has 0 aliphatic carbocycles. The van der Waals surface area contributed by atoms with Crippen LogP contribution in [0.15, 0.2) is 67.0 Å². The molecular weight excluding hydrogens is 256 g/mol. The third-order valence-corrected chi connectivity index (χ3v) is 3.75. The van der Waals surface area contributed by atoms with Crippen LogP contribution in [0.5, 0.6) is 0 Å². The molecule has 2 heteroatoms. The van der Waals surface area contributed by atoms with Crippen LogP contribution in [-0.2, 0) is 0 Å². The van der Waals surface area contributed by atoms with Gasteiger partial charge in [0.15, 0.2) is 0 Å². The number of hydrogen-bond donors (Lipinski definition) is 1. The molecule has 0 aliphatic rings. The summed E-state index contributed by atoms with van der Waals surface area (Å²) in [5, 5.41) is 6.24. The van der Waals surface area contributed by atoms with Gasteiger partial charge < -0.3 is 5.32 Å². The normalized spacial score (nSPS) is 12.4. The molecule has 0 aliphatic heterocycles. The van der Waals surface area contributed by atoms with Crippen LogP contribution in [0.25, 0.3) is 10.8 Å². The Labute approximate surface area is 125 Å². The fourth-order valence-corrected chi connectivity index (χ4v) is 2.74. The predicted octanol–water partition coefficient (Wildman–Crippen LogP) is 4.32. The summed E-state index contributed by atoms with van der Waals surface area (Å²) in [6, 6.07) is 19.4. The fraction of sp³-hybridized carbons (Fsp3) is 0.211. The van der Waals surface area contributed by atoms with Crippen molar-refractivity contribution < 1.29 is 0 Å². The topological polar surface area (TPSA) is 24.9 Å². The molecule has 1 aromatic heterocycles. The monoisotopic (exact) mass is 276 g/mol. The molecule has 1 heterocycles. The maximum atomic E-state index is 4.28. The first kappa shape index (κ1) is 13.8. The Morgan fingerprint density at radius 2 is 1.86 bits per heavy atom. The first-order chi connectivity index (χ1) is 10.4. The summed E-state index contributed by atoms with van der Waals surface area (Å²) < 4.78 is 0. The molecule has 3 aromatic rings. The summed E-state index contributed by atoms with van der Waals surface area (Å²) in [7, 11) is 0. The number of hydrogen-bond acceptors (Lipinski definition) is 2. The maximum absolute atomic E-state index is 4.28. The van der Waals surface area contributed by atoms with Crippen LogP contribution in [0.1, 0.15) is 30.5 Å². The van der Waals surface area contributed by atoms with Crippen LogP contribution < -0.4 is 5.32 Å². The molecule has 21 heavy (non-hydrogen) atoms. The van der Waals surface area contributed by atoms with E-state index in [4.69, 9.17) is 0 Å². The summed E-state index contributed by atoms with van der Waals surface area (Å²) >= 11 is 0. The second kappa shape index (κ2) is 6.51. The number of aromatic nitrogens is 1. The molecule has 3 rings (SSSR count). The maximum Gasteiger partial charge on any atom is 0.0598 e. The molecule has 1 N–H and O–H groups in total. The van der Waals surface area contributed by atoms with E-state index in [0.29, 0.717) is 0 Å². The van der Waals surface area contributed by atoms with Gasteiger partial charge >= 0.3 is 0 Å². The van der Waals surface area contributed by atoms with Crippen molar-refractivity contribution in [3.63, 3.8) is 0 Å². The van der Waals surface area contributed by atoms with Gasteiger partial charge in [-0.05, 0) is 40.9 Å². The van der Waals surface area contributed by atoms with Crippen molar-refractivity contribution in [2.45, 2.75) is 19.4 Å². The highest BCUT2D eigenvalue weighted by Crippen LogP contribution is 2.28. The molecule has 0 saturated carbocycles. The molecule has 0 amide bonds. The number of rotatable bonds is 5. The molecule has 106 valence electrons. The van der Waals surface area contributed by atoms with Crippen LogP contribution in [0.3, 0.4) is 0 Å². The fourth-order valence-electron chi connectivity index (χ4n) is 2.74. The molecule has 2 aromatic carbocycles. The SMILES string of the molecule is CCCNC(c1cccnc1)c1cccc2ccccc12. The molecule has 1 atom stereocenters. The van der Waals surface area contributed by atoms with Crippen LogP contribution in [-0.4, -0.2) is 11.5 Å². The molecular formula is C19H20N2. The van der Waals surface area contributed by atoms with E-state index in [1.54, 1.807) is 0 Å². The highest BCUT2D eigenvalue weighted by molar-refractivity contribution is 5.86. The molecule has 0 fully saturated rings. The quantitative estimate of drug-likeness (QED) is 0.750. The van der Waals surface area contributed by atoms with Crippen molar-refractivity contribution in [3.05, 3.63) is 78.1 Å². The lowest BCUT2D eigenvalue weighted by atomic mass is 9.94. The number of nitrogens with zero attached hydrogens (tertiary/aromatic N) is 1. The summed E-state index contributed by atoms with van der Waals surface area (Å²) in [5.74, 6) is 0. The molecule has 0 radical (unpaired) electrons. The molecule has 0 saturated heterocycles. The van der Waals surface area contributed by atoms with E-state index < -0.39 is 0 Å². The third-order valence-electron chi connectivity index (χ3n) is 3.75. The van der Waals surface area contributed by atoms with Crippen molar-refractivity contribution in [1.29, 1.82) is 0 Å². The van der Waals surface area contributed by atoms with Gasteiger partial charge in [0.2, 0.25) is 0 Å². The van der Waals surface area contributed by atoms with Crippen molar-refractivity contribution in [1.82, 2.24) is 10.3 Å². The average Bonchev–Trinajstić information content (AvgIpc) is 2.56. The lowest BCUT2D eigenvalue weighted by Gasteiger charge is -2.21. The van der Waals surface area contributed by atoms with Crippen LogP contribution in [0, 0.1) is 0 Å². The standard InChI is InChI=1S/C19H20N2/c1-2-12-21-19(16-9-6-13-20-14-16)18-11-5-8-15-7-3-4-10-17(15)18/h3-11,13-14,19,21H,2,12H2,1H3. The largest absolute Gasteiger partial charge is 0.306 e. The van der Waals surface area contributed by atoms with Gasteiger partial charge in [-0.3, -0.25) is 4.98 Å². The van der Waals surface area contributed by atoms with E-state index in [-0.39, 0.29) is 6.04 Å². The van der Waals surface area contributed by atoms with Crippen LogP contribution in [0.4, 0.5) is 0 Å².